The molecular formula is C21H21NO5. The number of fused-ring (bicyclic) bond motifs is 1. The second kappa shape index (κ2) is 8.60. The largest absolute Gasteiger partial charge is 0.458 e. The van der Waals surface area contributed by atoms with Gasteiger partial charge in [-0.05, 0) is 37.0 Å². The van der Waals surface area contributed by atoms with Crippen molar-refractivity contribution >= 4 is 17.8 Å². The number of unbranched alkanes of at least 4 members (excludes halogenated alkanes) is 1. The maximum atomic E-state index is 12.2. The fourth-order valence-electron chi connectivity index (χ4n) is 3.03. The minimum atomic E-state index is -0.433. The molecular weight excluding hydrogens is 346 g/mol. The number of ether oxygens (including phenoxy) is 1. The van der Waals surface area contributed by atoms with E-state index in [1.165, 1.54) is 6.92 Å². The number of carbonyl (C=O) groups is 3. The van der Waals surface area contributed by atoms with Gasteiger partial charge in [0.15, 0.2) is 0 Å². The Morgan fingerprint density at radius 2 is 1.52 bits per heavy atom. The number of carbonyl (C=O) groups excluding carboxylic acids is 3. The summed E-state index contributed by atoms with van der Waals surface area (Å²) in [5.41, 5.74) is 1.66. The van der Waals surface area contributed by atoms with Crippen LogP contribution in [0.15, 0.2) is 54.6 Å². The average Bonchev–Trinajstić information content (AvgIpc) is 2.92. The fourth-order valence-corrected chi connectivity index (χ4v) is 3.03. The van der Waals surface area contributed by atoms with Crippen molar-refractivity contribution < 1.29 is 24.0 Å². The Morgan fingerprint density at radius 3 is 2.11 bits per heavy atom. The second-order valence-corrected chi connectivity index (χ2v) is 6.29. The molecule has 2 aromatic carbocycles. The molecule has 0 aromatic heterocycles. The average molecular weight is 367 g/mol. The molecule has 0 N–H and O–H groups in total. The molecule has 2 aromatic rings. The van der Waals surface area contributed by atoms with Crippen LogP contribution < -0.4 is 0 Å². The van der Waals surface area contributed by atoms with Crippen LogP contribution in [-0.2, 0) is 14.4 Å². The number of imide groups is 1. The zero-order valence-corrected chi connectivity index (χ0v) is 15.1. The number of amides is 2. The summed E-state index contributed by atoms with van der Waals surface area (Å²) in [7, 11) is 0. The quantitative estimate of drug-likeness (QED) is 0.404. The predicted octanol–water partition coefficient (Wildman–Crippen LogP) is 3.69. The molecule has 1 heterocycles. The Bertz CT molecular complexity index is 798. The molecule has 0 saturated carbocycles. The van der Waals surface area contributed by atoms with Crippen molar-refractivity contribution in [2.45, 2.75) is 32.3 Å². The van der Waals surface area contributed by atoms with Gasteiger partial charge in [0.05, 0.1) is 17.7 Å². The first-order valence-corrected chi connectivity index (χ1v) is 8.91. The third-order valence-electron chi connectivity index (χ3n) is 4.32. The minimum Gasteiger partial charge on any atom is -0.458 e. The van der Waals surface area contributed by atoms with Crippen molar-refractivity contribution in [2.24, 2.45) is 0 Å². The van der Waals surface area contributed by atoms with E-state index in [1.807, 2.05) is 30.3 Å². The molecule has 0 fully saturated rings. The van der Waals surface area contributed by atoms with E-state index < -0.39 is 11.8 Å². The van der Waals surface area contributed by atoms with E-state index >= 15 is 0 Å². The monoisotopic (exact) mass is 367 g/mol. The van der Waals surface area contributed by atoms with E-state index in [0.29, 0.717) is 24.0 Å². The Kier molecular flexibility index (Phi) is 5.98. The highest BCUT2D eigenvalue weighted by atomic mass is 16.7. The third kappa shape index (κ3) is 4.41. The standard InChI is InChI=1S/C21H21NO5/c1-15(23)27-19(16-9-3-2-4-10-16)13-7-8-14-26-22-20(24)17-11-5-6-12-18(17)21(22)25/h2-6,9-12,19H,7-8,13-14H2,1H3. The van der Waals surface area contributed by atoms with E-state index in [4.69, 9.17) is 9.57 Å². The molecule has 0 aliphatic carbocycles. The Morgan fingerprint density at radius 1 is 0.926 bits per heavy atom. The van der Waals surface area contributed by atoms with Crippen LogP contribution in [-0.4, -0.2) is 29.5 Å². The molecule has 140 valence electrons. The van der Waals surface area contributed by atoms with Crippen molar-refractivity contribution in [2.75, 3.05) is 6.61 Å². The molecule has 27 heavy (non-hydrogen) atoms. The van der Waals surface area contributed by atoms with Crippen LogP contribution in [0.2, 0.25) is 0 Å². The molecule has 6 heteroatoms. The Hall–Kier alpha value is -2.99. The second-order valence-electron chi connectivity index (χ2n) is 6.29. The van der Waals surface area contributed by atoms with Gasteiger partial charge in [-0.1, -0.05) is 42.5 Å². The van der Waals surface area contributed by atoms with Crippen LogP contribution in [0.25, 0.3) is 0 Å². The molecule has 3 rings (SSSR count). The number of hydrogen-bond donors (Lipinski definition) is 0. The summed E-state index contributed by atoms with van der Waals surface area (Å²) >= 11 is 0. The smallest absolute Gasteiger partial charge is 0.303 e. The lowest BCUT2D eigenvalue weighted by atomic mass is 10.0. The van der Waals surface area contributed by atoms with Crippen LogP contribution in [0.5, 0.6) is 0 Å². The topological polar surface area (TPSA) is 72.9 Å². The number of benzene rings is 2. The highest BCUT2D eigenvalue weighted by Crippen LogP contribution is 2.25. The van der Waals surface area contributed by atoms with Gasteiger partial charge < -0.3 is 4.74 Å². The normalized spacial score (nSPS) is 14.2. The maximum absolute atomic E-state index is 12.2. The van der Waals surface area contributed by atoms with Crippen LogP contribution in [0.4, 0.5) is 0 Å². The van der Waals surface area contributed by atoms with Gasteiger partial charge in [-0.3, -0.25) is 19.2 Å². The number of rotatable bonds is 8. The summed E-state index contributed by atoms with van der Waals surface area (Å²) < 4.78 is 5.39. The first-order chi connectivity index (χ1) is 13.1. The highest BCUT2D eigenvalue weighted by Gasteiger charge is 2.36. The zero-order valence-electron chi connectivity index (χ0n) is 15.1. The van der Waals surface area contributed by atoms with E-state index in [1.54, 1.807) is 24.3 Å². The lowest BCUT2D eigenvalue weighted by molar-refractivity contribution is -0.147. The third-order valence-corrected chi connectivity index (χ3v) is 4.32. The Balaban J connectivity index is 1.48. The summed E-state index contributed by atoms with van der Waals surface area (Å²) in [5.74, 6) is -1.19. The summed E-state index contributed by atoms with van der Waals surface area (Å²) in [4.78, 5) is 41.2. The molecule has 0 radical (unpaired) electrons. The molecule has 1 aliphatic heterocycles. The molecule has 1 unspecified atom stereocenters. The zero-order chi connectivity index (χ0) is 19.2. The van der Waals surface area contributed by atoms with Crippen molar-refractivity contribution in [3.63, 3.8) is 0 Å². The summed E-state index contributed by atoms with van der Waals surface area (Å²) in [6, 6.07) is 16.2. The van der Waals surface area contributed by atoms with E-state index in [-0.39, 0.29) is 18.7 Å². The number of nitrogens with zero attached hydrogens (tertiary/aromatic N) is 1. The van der Waals surface area contributed by atoms with Crippen LogP contribution in [0.3, 0.4) is 0 Å². The van der Waals surface area contributed by atoms with Gasteiger partial charge in [-0.15, -0.1) is 5.06 Å². The van der Waals surface area contributed by atoms with Gasteiger partial charge in [-0.25, -0.2) is 0 Å². The molecule has 0 bridgehead atoms. The van der Waals surface area contributed by atoms with Crippen molar-refractivity contribution in [1.82, 2.24) is 5.06 Å². The van der Waals surface area contributed by atoms with Gasteiger partial charge in [-0.2, -0.15) is 0 Å². The van der Waals surface area contributed by atoms with Gasteiger partial charge in [0.25, 0.3) is 11.8 Å². The molecule has 1 aliphatic rings. The summed E-state index contributed by atoms with van der Waals surface area (Å²) in [5, 5.41) is 0.825. The molecule has 0 saturated heterocycles. The van der Waals surface area contributed by atoms with Crippen molar-refractivity contribution in [3.05, 3.63) is 71.3 Å². The maximum Gasteiger partial charge on any atom is 0.303 e. The van der Waals surface area contributed by atoms with E-state index in [2.05, 4.69) is 0 Å². The summed E-state index contributed by atoms with van der Waals surface area (Å²) in [6.45, 7) is 1.62. The van der Waals surface area contributed by atoms with Gasteiger partial charge in [0.2, 0.25) is 0 Å². The van der Waals surface area contributed by atoms with Crippen molar-refractivity contribution in [1.29, 1.82) is 0 Å². The molecule has 6 nitrogen and oxygen atoms in total. The fraction of sp³-hybridized carbons (Fsp3) is 0.286. The predicted molar refractivity (Wildman–Crippen MR) is 97.7 cm³/mol. The lowest BCUT2D eigenvalue weighted by Crippen LogP contribution is -2.30. The lowest BCUT2D eigenvalue weighted by Gasteiger charge is -2.18. The van der Waals surface area contributed by atoms with Crippen LogP contribution in [0.1, 0.15) is 58.6 Å². The summed E-state index contributed by atoms with van der Waals surface area (Å²) in [6.07, 6.45) is 1.66. The Labute approximate surface area is 157 Å². The number of hydrogen-bond acceptors (Lipinski definition) is 5. The SMILES string of the molecule is CC(=O)OC(CCCCON1C(=O)c2ccccc2C1=O)c1ccccc1. The minimum absolute atomic E-state index is 0.229. The number of hydroxylamine groups is 2. The molecule has 0 spiro atoms. The molecule has 2 amide bonds. The van der Waals surface area contributed by atoms with Gasteiger partial charge >= 0.3 is 5.97 Å². The number of esters is 1. The van der Waals surface area contributed by atoms with Crippen LogP contribution in [0, 0.1) is 0 Å². The first-order valence-electron chi connectivity index (χ1n) is 8.91. The first kappa shape index (κ1) is 18.8. The highest BCUT2D eigenvalue weighted by molar-refractivity contribution is 6.20. The van der Waals surface area contributed by atoms with Gasteiger partial charge in [0, 0.05) is 6.92 Å². The molecule has 1 atom stereocenters. The van der Waals surface area contributed by atoms with E-state index in [0.717, 1.165) is 17.0 Å². The van der Waals surface area contributed by atoms with Crippen molar-refractivity contribution in [3.8, 4) is 0 Å². The van der Waals surface area contributed by atoms with Crippen LogP contribution >= 0.6 is 0 Å². The van der Waals surface area contributed by atoms with E-state index in [9.17, 15) is 14.4 Å². The van der Waals surface area contributed by atoms with Gasteiger partial charge in [0.1, 0.15) is 6.10 Å².